The van der Waals surface area contributed by atoms with E-state index in [2.05, 4.69) is 38.5 Å². The molecule has 0 nitrogen and oxygen atoms in total. The Morgan fingerprint density at radius 1 is 1.11 bits per heavy atom. The smallest absolute Gasteiger partial charge is 0.129 e. The summed E-state index contributed by atoms with van der Waals surface area (Å²) in [6.45, 7) is 0. The Labute approximate surface area is 147 Å². The molecule has 100 valence electrons. The van der Waals surface area contributed by atoms with E-state index in [4.69, 9.17) is 34.8 Å². The molecule has 1 atom stereocenters. The zero-order valence-electron chi connectivity index (χ0n) is 9.23. The van der Waals surface area contributed by atoms with Gasteiger partial charge in [0.25, 0.3) is 0 Å². The van der Waals surface area contributed by atoms with Gasteiger partial charge in [-0.1, -0.05) is 29.3 Å². The Hall–Kier alpha value is 0.450. The molecule has 1 unspecified atom stereocenters. The number of hydrogen-bond acceptors (Lipinski definition) is 0. The number of hydrogen-bond donors (Lipinski definition) is 0. The van der Waals surface area contributed by atoms with Crippen molar-refractivity contribution in [2.45, 2.75) is 5.38 Å². The second-order valence-corrected chi connectivity index (χ2v) is 7.09. The molecule has 0 aliphatic carbocycles. The van der Waals surface area contributed by atoms with E-state index in [1.165, 1.54) is 12.1 Å². The lowest BCUT2D eigenvalue weighted by molar-refractivity contribution is 0.611. The van der Waals surface area contributed by atoms with Gasteiger partial charge in [0.05, 0.1) is 15.4 Å². The lowest BCUT2D eigenvalue weighted by Crippen LogP contribution is -1.98. The Bertz CT molecular complexity index is 634. The zero-order chi connectivity index (χ0) is 14.2. The van der Waals surface area contributed by atoms with Crippen LogP contribution >= 0.6 is 73.3 Å². The molecule has 2 rings (SSSR count). The van der Waals surface area contributed by atoms with E-state index in [0.29, 0.717) is 20.1 Å². The Morgan fingerprint density at radius 2 is 1.79 bits per heavy atom. The van der Waals surface area contributed by atoms with E-state index >= 15 is 0 Å². The molecular weight excluding hydrogens is 488 g/mol. The highest BCUT2D eigenvalue weighted by molar-refractivity contribution is 14.1. The van der Waals surface area contributed by atoms with Crippen LogP contribution in [0.4, 0.5) is 4.39 Å². The van der Waals surface area contributed by atoms with Crippen LogP contribution < -0.4 is 0 Å². The third-order valence-corrected chi connectivity index (χ3v) is 5.81. The van der Waals surface area contributed by atoms with Crippen molar-refractivity contribution >= 4 is 73.3 Å². The molecule has 0 saturated carbocycles. The average Bonchev–Trinajstić information content (AvgIpc) is 2.36. The van der Waals surface area contributed by atoms with Gasteiger partial charge >= 0.3 is 0 Å². The molecule has 0 radical (unpaired) electrons. The van der Waals surface area contributed by atoms with Crippen molar-refractivity contribution in [3.63, 3.8) is 0 Å². The van der Waals surface area contributed by atoms with Gasteiger partial charge in [-0.15, -0.1) is 11.6 Å². The summed E-state index contributed by atoms with van der Waals surface area (Å²) < 4.78 is 15.4. The zero-order valence-corrected chi connectivity index (χ0v) is 15.2. The summed E-state index contributed by atoms with van der Waals surface area (Å²) in [6.07, 6.45) is 0. The molecule has 0 N–H and O–H groups in total. The molecule has 19 heavy (non-hydrogen) atoms. The van der Waals surface area contributed by atoms with Gasteiger partial charge in [0.15, 0.2) is 0 Å². The second-order valence-electron chi connectivity index (χ2n) is 3.82. The lowest BCUT2D eigenvalue weighted by atomic mass is 10.0. The van der Waals surface area contributed by atoms with E-state index in [1.54, 1.807) is 6.07 Å². The SMILES string of the molecule is Fc1cc(Br)c(Cl)cc1C(Cl)c1ccc(I)c(Cl)c1. The third kappa shape index (κ3) is 3.56. The van der Waals surface area contributed by atoms with Crippen LogP contribution in [-0.4, -0.2) is 0 Å². The normalized spacial score (nSPS) is 12.5. The summed E-state index contributed by atoms with van der Waals surface area (Å²) in [4.78, 5) is 0. The largest absolute Gasteiger partial charge is 0.207 e. The predicted molar refractivity (Wildman–Crippen MR) is 91.0 cm³/mol. The van der Waals surface area contributed by atoms with Gasteiger partial charge in [-0.25, -0.2) is 4.39 Å². The first kappa shape index (κ1) is 15.8. The number of alkyl halides is 1. The molecule has 2 aromatic rings. The van der Waals surface area contributed by atoms with Gasteiger partial charge < -0.3 is 0 Å². The van der Waals surface area contributed by atoms with Crippen LogP contribution in [0, 0.1) is 9.39 Å². The molecule has 0 heterocycles. The maximum absolute atomic E-state index is 13.9. The van der Waals surface area contributed by atoms with Gasteiger partial charge in [0.1, 0.15) is 5.82 Å². The highest BCUT2D eigenvalue weighted by Gasteiger charge is 2.18. The third-order valence-electron chi connectivity index (χ3n) is 2.55. The molecule has 0 aliphatic heterocycles. The summed E-state index contributed by atoms with van der Waals surface area (Å²) in [7, 11) is 0. The minimum absolute atomic E-state index is 0.326. The van der Waals surface area contributed by atoms with Gasteiger partial charge in [-0.3, -0.25) is 0 Å². The Kier molecular flexibility index (Phi) is 5.40. The first-order chi connectivity index (χ1) is 8.90. The van der Waals surface area contributed by atoms with Crippen LogP contribution in [-0.2, 0) is 0 Å². The summed E-state index contributed by atoms with van der Waals surface area (Å²) in [5, 5.41) is 0.367. The maximum Gasteiger partial charge on any atom is 0.129 e. The van der Waals surface area contributed by atoms with Crippen molar-refractivity contribution in [3.8, 4) is 0 Å². The molecule has 0 bridgehead atoms. The average molecular weight is 494 g/mol. The highest BCUT2D eigenvalue weighted by Crippen LogP contribution is 2.36. The Morgan fingerprint density at radius 3 is 2.42 bits per heavy atom. The van der Waals surface area contributed by atoms with Crippen LogP contribution in [0.15, 0.2) is 34.8 Å². The van der Waals surface area contributed by atoms with Crippen LogP contribution in [0.25, 0.3) is 0 Å². The first-order valence-electron chi connectivity index (χ1n) is 5.13. The topological polar surface area (TPSA) is 0 Å². The summed E-state index contributed by atoms with van der Waals surface area (Å²) in [5.74, 6) is -0.411. The molecule has 6 heteroatoms. The van der Waals surface area contributed by atoms with Gasteiger partial charge in [-0.2, -0.15) is 0 Å². The molecule has 0 saturated heterocycles. The van der Waals surface area contributed by atoms with Crippen LogP contribution in [0.1, 0.15) is 16.5 Å². The number of benzene rings is 2. The molecule has 0 amide bonds. The summed E-state index contributed by atoms with van der Waals surface area (Å²) in [6, 6.07) is 8.22. The Balaban J connectivity index is 2.46. The number of rotatable bonds is 2. The minimum Gasteiger partial charge on any atom is -0.207 e. The predicted octanol–water partition coefficient (Wildman–Crippen LogP) is 6.83. The lowest BCUT2D eigenvalue weighted by Gasteiger charge is -2.13. The fourth-order valence-corrected chi connectivity index (χ4v) is 2.90. The van der Waals surface area contributed by atoms with Crippen molar-refractivity contribution < 1.29 is 4.39 Å². The molecule has 0 fully saturated rings. The van der Waals surface area contributed by atoms with E-state index in [0.717, 1.165) is 9.13 Å². The van der Waals surface area contributed by atoms with E-state index in [9.17, 15) is 4.39 Å². The highest BCUT2D eigenvalue weighted by atomic mass is 127. The summed E-state index contributed by atoms with van der Waals surface area (Å²) in [5.41, 5.74) is 1.05. The van der Waals surface area contributed by atoms with E-state index in [-0.39, 0.29) is 0 Å². The monoisotopic (exact) mass is 492 g/mol. The van der Waals surface area contributed by atoms with Crippen molar-refractivity contribution in [3.05, 3.63) is 65.4 Å². The minimum atomic E-state index is -0.639. The van der Waals surface area contributed by atoms with Crippen LogP contribution in [0.5, 0.6) is 0 Å². The van der Waals surface area contributed by atoms with Gasteiger partial charge in [0.2, 0.25) is 0 Å². The molecule has 0 aliphatic rings. The van der Waals surface area contributed by atoms with E-state index < -0.39 is 11.2 Å². The van der Waals surface area contributed by atoms with Crippen LogP contribution in [0.2, 0.25) is 10.0 Å². The summed E-state index contributed by atoms with van der Waals surface area (Å²) >= 11 is 23.6. The molecule has 0 aromatic heterocycles. The maximum atomic E-state index is 13.9. The van der Waals surface area contributed by atoms with Crippen molar-refractivity contribution in [2.24, 2.45) is 0 Å². The second kappa shape index (κ2) is 6.48. The molecule has 0 spiro atoms. The molecular formula is C13H6BrCl3FI. The van der Waals surface area contributed by atoms with Crippen molar-refractivity contribution in [1.29, 1.82) is 0 Å². The standard InChI is InChI=1S/C13H6BrCl3FI/c14-8-5-11(18)7(4-9(8)15)13(17)6-1-2-12(19)10(16)3-6/h1-5,13H. The first-order valence-corrected chi connectivity index (χ1v) is 8.20. The van der Waals surface area contributed by atoms with Crippen molar-refractivity contribution in [2.75, 3.05) is 0 Å². The fourth-order valence-electron chi connectivity index (χ4n) is 1.58. The van der Waals surface area contributed by atoms with Gasteiger partial charge in [-0.05, 0) is 68.3 Å². The van der Waals surface area contributed by atoms with Crippen LogP contribution in [0.3, 0.4) is 0 Å². The van der Waals surface area contributed by atoms with E-state index in [1.807, 2.05) is 12.1 Å². The number of halogens is 6. The van der Waals surface area contributed by atoms with Gasteiger partial charge in [0, 0.05) is 13.6 Å². The van der Waals surface area contributed by atoms with Crippen molar-refractivity contribution in [1.82, 2.24) is 0 Å². The quantitative estimate of drug-likeness (QED) is 0.244. The fraction of sp³-hybridized carbons (Fsp3) is 0.0769. The molecule has 2 aromatic carbocycles.